The molecule has 2 aliphatic rings. The Labute approximate surface area is 270 Å². The Morgan fingerprint density at radius 2 is 1.37 bits per heavy atom. The lowest BCUT2D eigenvalue weighted by molar-refractivity contribution is -0.244. The summed E-state index contributed by atoms with van der Waals surface area (Å²) in [5.74, 6) is -0.754. The van der Waals surface area contributed by atoms with E-state index in [1.165, 1.54) is 21.1 Å². The van der Waals surface area contributed by atoms with E-state index in [4.69, 9.17) is 23.4 Å². The molecule has 6 rings (SSSR count). The van der Waals surface area contributed by atoms with Gasteiger partial charge in [0.25, 0.3) is 8.32 Å². The lowest BCUT2D eigenvalue weighted by Crippen LogP contribution is -2.68. The first-order valence-corrected chi connectivity index (χ1v) is 18.4. The van der Waals surface area contributed by atoms with Crippen LogP contribution in [0.5, 0.6) is 0 Å². The standard InChI is InChI=1S/C36H41IO5Si/c1-34(2,3)43(29-16-8-6-9-17-29,30-18-10-7-11-19-30)39-25-36(24-37)32(31-33(42-36)41-35(4,5)40-31)38-23-26-20-21-27-14-12-13-15-28(27)22-26/h6-22,31-33H,23-25H2,1-5H3/t31-,32+,33+,36-/m1/s1. The molecule has 4 aromatic carbocycles. The molecule has 0 aromatic heterocycles. The number of fused-ring (bicyclic) bond motifs is 2. The first kappa shape index (κ1) is 30.9. The van der Waals surface area contributed by atoms with Crippen molar-refractivity contribution >= 4 is 52.1 Å². The molecule has 43 heavy (non-hydrogen) atoms. The molecule has 0 spiro atoms. The number of benzene rings is 4. The maximum absolute atomic E-state index is 7.42. The molecule has 226 valence electrons. The summed E-state index contributed by atoms with van der Waals surface area (Å²) in [5, 5.41) is 4.72. The van der Waals surface area contributed by atoms with Crippen LogP contribution in [0.4, 0.5) is 0 Å². The quantitative estimate of drug-likeness (QED) is 0.107. The van der Waals surface area contributed by atoms with Gasteiger partial charge >= 0.3 is 0 Å². The summed E-state index contributed by atoms with van der Waals surface area (Å²) in [6.45, 7) is 11.5. The van der Waals surface area contributed by atoms with Crippen LogP contribution in [-0.2, 0) is 30.0 Å². The molecule has 2 saturated heterocycles. The van der Waals surface area contributed by atoms with Crippen LogP contribution >= 0.6 is 22.6 Å². The van der Waals surface area contributed by atoms with Crippen molar-refractivity contribution in [3.05, 3.63) is 109 Å². The van der Waals surface area contributed by atoms with Crippen molar-refractivity contribution in [2.45, 2.75) is 76.1 Å². The second-order valence-electron chi connectivity index (χ2n) is 13.1. The van der Waals surface area contributed by atoms with Crippen molar-refractivity contribution in [1.29, 1.82) is 0 Å². The Kier molecular flexibility index (Phi) is 8.62. The van der Waals surface area contributed by atoms with Crippen molar-refractivity contribution in [2.75, 3.05) is 11.0 Å². The van der Waals surface area contributed by atoms with Crippen LogP contribution < -0.4 is 10.4 Å². The zero-order valence-corrected chi connectivity index (χ0v) is 28.7. The van der Waals surface area contributed by atoms with E-state index in [-0.39, 0.29) is 17.2 Å². The Hall–Kier alpha value is -2.11. The highest BCUT2D eigenvalue weighted by Gasteiger charge is 2.63. The van der Waals surface area contributed by atoms with Gasteiger partial charge in [0.1, 0.15) is 17.8 Å². The van der Waals surface area contributed by atoms with E-state index in [2.05, 4.69) is 146 Å². The Balaban J connectivity index is 1.36. The first-order valence-electron chi connectivity index (χ1n) is 15.0. The third-order valence-corrected chi connectivity index (χ3v) is 14.9. The third-order valence-electron chi connectivity index (χ3n) is 8.68. The molecule has 2 aliphatic heterocycles. The highest BCUT2D eigenvalue weighted by Crippen LogP contribution is 2.46. The maximum atomic E-state index is 7.42. The van der Waals surface area contributed by atoms with Gasteiger partial charge in [-0.15, -0.1) is 0 Å². The number of alkyl halides is 1. The summed E-state index contributed by atoms with van der Waals surface area (Å²) < 4.78 is 34.4. The molecular formula is C36H41IO5Si. The summed E-state index contributed by atoms with van der Waals surface area (Å²) in [5.41, 5.74) is 0.339. The van der Waals surface area contributed by atoms with Gasteiger partial charge in [0, 0.05) is 4.43 Å². The van der Waals surface area contributed by atoms with E-state index in [9.17, 15) is 0 Å². The SMILES string of the molecule is CC1(C)O[C@H]2O[C@](CI)(CO[Si](c3ccccc3)(c3ccccc3)C(C)(C)C)[C@@H](OCc3ccc4ccccc4c3)[C@H]2O1. The van der Waals surface area contributed by atoms with Crippen LogP contribution in [-0.4, -0.2) is 49.2 Å². The van der Waals surface area contributed by atoms with E-state index >= 15 is 0 Å². The van der Waals surface area contributed by atoms with Crippen LogP contribution in [0.15, 0.2) is 103 Å². The molecule has 0 N–H and O–H groups in total. The van der Waals surface area contributed by atoms with Crippen molar-refractivity contribution in [1.82, 2.24) is 0 Å². The summed E-state index contributed by atoms with van der Waals surface area (Å²) >= 11 is 2.41. The molecule has 0 bridgehead atoms. The predicted octanol–water partition coefficient (Wildman–Crippen LogP) is 6.98. The fourth-order valence-electron chi connectivity index (χ4n) is 6.67. The molecule has 4 aromatic rings. The van der Waals surface area contributed by atoms with Crippen molar-refractivity contribution in [3.63, 3.8) is 0 Å². The molecule has 0 amide bonds. The van der Waals surface area contributed by atoms with Gasteiger partial charge < -0.3 is 23.4 Å². The average Bonchev–Trinajstić information content (AvgIpc) is 3.44. The molecule has 5 nitrogen and oxygen atoms in total. The van der Waals surface area contributed by atoms with Gasteiger partial charge in [-0.25, -0.2) is 0 Å². The number of rotatable bonds is 9. The van der Waals surface area contributed by atoms with Crippen molar-refractivity contribution < 1.29 is 23.4 Å². The fraction of sp³-hybridized carbons (Fsp3) is 0.389. The molecule has 0 unspecified atom stereocenters. The Morgan fingerprint density at radius 1 is 0.767 bits per heavy atom. The molecule has 0 saturated carbocycles. The van der Waals surface area contributed by atoms with Gasteiger partial charge in [0.15, 0.2) is 12.1 Å². The predicted molar refractivity (Wildman–Crippen MR) is 183 cm³/mol. The largest absolute Gasteiger partial charge is 0.404 e. The number of hydrogen-bond acceptors (Lipinski definition) is 5. The smallest absolute Gasteiger partial charge is 0.261 e. The minimum Gasteiger partial charge on any atom is -0.404 e. The van der Waals surface area contributed by atoms with Gasteiger partial charge in [0.2, 0.25) is 0 Å². The highest BCUT2D eigenvalue weighted by atomic mass is 127. The molecule has 0 aliphatic carbocycles. The third kappa shape index (κ3) is 5.86. The molecule has 7 heteroatoms. The number of ether oxygens (including phenoxy) is 4. The molecule has 2 fully saturated rings. The molecule has 2 heterocycles. The second-order valence-corrected chi connectivity index (χ2v) is 18.2. The molecular weight excluding hydrogens is 667 g/mol. The second kappa shape index (κ2) is 12.0. The summed E-state index contributed by atoms with van der Waals surface area (Å²) in [6.07, 6.45) is -1.29. The van der Waals surface area contributed by atoms with E-state index < -0.39 is 26.0 Å². The van der Waals surface area contributed by atoms with Gasteiger partial charge in [-0.1, -0.05) is 140 Å². The summed E-state index contributed by atoms with van der Waals surface area (Å²) in [7, 11) is -2.81. The van der Waals surface area contributed by atoms with E-state index in [0.717, 1.165) is 5.56 Å². The van der Waals surface area contributed by atoms with Crippen LogP contribution in [0.25, 0.3) is 10.8 Å². The monoisotopic (exact) mass is 708 g/mol. The molecule has 4 atom stereocenters. The van der Waals surface area contributed by atoms with Crippen molar-refractivity contribution in [2.24, 2.45) is 0 Å². The highest BCUT2D eigenvalue weighted by molar-refractivity contribution is 14.1. The van der Waals surface area contributed by atoms with Gasteiger partial charge in [-0.3, -0.25) is 0 Å². The van der Waals surface area contributed by atoms with Gasteiger partial charge in [-0.05, 0) is 51.7 Å². The minimum atomic E-state index is -2.81. The summed E-state index contributed by atoms with van der Waals surface area (Å²) in [4.78, 5) is 0. The normalized spacial score (nSPS) is 25.2. The van der Waals surface area contributed by atoms with E-state index in [0.29, 0.717) is 17.6 Å². The van der Waals surface area contributed by atoms with Gasteiger partial charge in [0.05, 0.1) is 13.2 Å². The van der Waals surface area contributed by atoms with Crippen LogP contribution in [0.2, 0.25) is 5.04 Å². The zero-order chi connectivity index (χ0) is 30.3. The lowest BCUT2D eigenvalue weighted by atomic mass is 9.98. The maximum Gasteiger partial charge on any atom is 0.261 e. The number of halogens is 1. The van der Waals surface area contributed by atoms with E-state index in [1.807, 2.05) is 13.8 Å². The van der Waals surface area contributed by atoms with Gasteiger partial charge in [-0.2, -0.15) is 0 Å². The average molecular weight is 709 g/mol. The Morgan fingerprint density at radius 3 is 1.98 bits per heavy atom. The van der Waals surface area contributed by atoms with Crippen LogP contribution in [0.1, 0.15) is 40.2 Å². The topological polar surface area (TPSA) is 46.2 Å². The van der Waals surface area contributed by atoms with E-state index in [1.54, 1.807) is 0 Å². The van der Waals surface area contributed by atoms with Crippen LogP contribution in [0.3, 0.4) is 0 Å². The van der Waals surface area contributed by atoms with Crippen molar-refractivity contribution in [3.8, 4) is 0 Å². The first-order chi connectivity index (χ1) is 20.6. The molecule has 0 radical (unpaired) electrons. The lowest BCUT2D eigenvalue weighted by Gasteiger charge is -2.45. The summed E-state index contributed by atoms with van der Waals surface area (Å²) in [6, 6.07) is 36.3. The minimum absolute atomic E-state index is 0.160. The Bertz CT molecular complexity index is 1500. The zero-order valence-electron chi connectivity index (χ0n) is 25.6. The number of hydrogen-bond donors (Lipinski definition) is 0. The fourth-order valence-corrected chi connectivity index (χ4v) is 12.1. The van der Waals surface area contributed by atoms with Crippen LogP contribution in [0, 0.1) is 0 Å².